The van der Waals surface area contributed by atoms with Crippen molar-refractivity contribution < 1.29 is 9.53 Å². The highest BCUT2D eigenvalue weighted by Gasteiger charge is 2.59. The van der Waals surface area contributed by atoms with Gasteiger partial charge in [0.25, 0.3) is 0 Å². The van der Waals surface area contributed by atoms with Gasteiger partial charge in [-0.25, -0.2) is 0 Å². The summed E-state index contributed by atoms with van der Waals surface area (Å²) in [5, 5.41) is 11.2. The second-order valence-corrected chi connectivity index (χ2v) is 18.4. The van der Waals surface area contributed by atoms with Crippen LogP contribution in [0.5, 0.6) is 0 Å². The van der Waals surface area contributed by atoms with E-state index in [1.807, 2.05) is 0 Å². The fourth-order valence-electron chi connectivity index (χ4n) is 7.93. The summed E-state index contributed by atoms with van der Waals surface area (Å²) in [5.41, 5.74) is -0.0397. The third-order valence-electron chi connectivity index (χ3n) is 11.0. The van der Waals surface area contributed by atoms with Crippen LogP contribution in [-0.4, -0.2) is 25.1 Å². The molecule has 0 heterocycles. The standard InChI is InChI=1S/C26H48O2Si/c1-17-15-21-18(16-26(17,6)27)9-10-20-19(21)13-14-25(5)22(20)11-12-23(25)28-29(7,8)24(2,3)4/h17-23,27H,9-16H2,1-8H3/t17?,18?,19-,20+,21-,22-,23-,25-,26-/m0/s1. The Bertz CT molecular complexity index is 621. The van der Waals surface area contributed by atoms with E-state index in [1.165, 1.54) is 44.9 Å². The van der Waals surface area contributed by atoms with Crippen LogP contribution < -0.4 is 0 Å². The van der Waals surface area contributed by atoms with E-state index in [2.05, 4.69) is 54.6 Å². The Morgan fingerprint density at radius 2 is 1.62 bits per heavy atom. The van der Waals surface area contributed by atoms with Crippen LogP contribution in [0.1, 0.15) is 92.9 Å². The number of hydrogen-bond donors (Lipinski definition) is 1. The van der Waals surface area contributed by atoms with Gasteiger partial charge in [-0.3, -0.25) is 0 Å². The molecule has 0 aromatic rings. The third kappa shape index (κ3) is 3.59. The molecule has 2 unspecified atom stereocenters. The molecular formula is C26H48O2Si. The molecule has 9 atom stereocenters. The van der Waals surface area contributed by atoms with Gasteiger partial charge in [-0.05, 0) is 117 Å². The minimum Gasteiger partial charge on any atom is -0.413 e. The molecule has 0 radical (unpaired) electrons. The summed E-state index contributed by atoms with van der Waals surface area (Å²) in [6.07, 6.45) is 11.0. The molecule has 0 bridgehead atoms. The van der Waals surface area contributed by atoms with Crippen molar-refractivity contribution >= 4 is 8.32 Å². The first-order valence-corrected chi connectivity index (χ1v) is 15.6. The Balaban J connectivity index is 1.51. The fraction of sp³-hybridized carbons (Fsp3) is 1.00. The van der Waals surface area contributed by atoms with Crippen LogP contribution in [0, 0.1) is 40.9 Å². The molecule has 29 heavy (non-hydrogen) atoms. The molecule has 0 aromatic carbocycles. The Morgan fingerprint density at radius 1 is 0.931 bits per heavy atom. The van der Waals surface area contributed by atoms with Crippen molar-refractivity contribution in [1.29, 1.82) is 0 Å². The van der Waals surface area contributed by atoms with Crippen LogP contribution in [-0.2, 0) is 4.43 Å². The minimum absolute atomic E-state index is 0.298. The maximum Gasteiger partial charge on any atom is 0.192 e. The lowest BCUT2D eigenvalue weighted by atomic mass is 9.48. The maximum absolute atomic E-state index is 10.9. The third-order valence-corrected chi connectivity index (χ3v) is 15.5. The minimum atomic E-state index is -1.72. The molecule has 3 heteroatoms. The van der Waals surface area contributed by atoms with Gasteiger partial charge in [-0.1, -0.05) is 34.6 Å². The molecule has 1 N–H and O–H groups in total. The second-order valence-electron chi connectivity index (χ2n) is 13.6. The Morgan fingerprint density at radius 3 is 2.28 bits per heavy atom. The number of hydrogen-bond acceptors (Lipinski definition) is 2. The topological polar surface area (TPSA) is 29.5 Å². The molecule has 0 amide bonds. The van der Waals surface area contributed by atoms with Crippen molar-refractivity contribution in [3.8, 4) is 0 Å². The van der Waals surface area contributed by atoms with Crippen LogP contribution in [0.4, 0.5) is 0 Å². The van der Waals surface area contributed by atoms with Gasteiger partial charge in [0.2, 0.25) is 0 Å². The molecule has 4 fully saturated rings. The summed E-state index contributed by atoms with van der Waals surface area (Å²) < 4.78 is 7.07. The average Bonchev–Trinajstić information content (AvgIpc) is 2.91. The molecule has 4 aliphatic rings. The zero-order chi connectivity index (χ0) is 21.4. The van der Waals surface area contributed by atoms with Crippen LogP contribution >= 0.6 is 0 Å². The van der Waals surface area contributed by atoms with Crippen molar-refractivity contribution in [2.75, 3.05) is 0 Å². The van der Waals surface area contributed by atoms with E-state index >= 15 is 0 Å². The lowest BCUT2D eigenvalue weighted by Crippen LogP contribution is -2.54. The van der Waals surface area contributed by atoms with Gasteiger partial charge >= 0.3 is 0 Å². The highest BCUT2D eigenvalue weighted by molar-refractivity contribution is 6.74. The van der Waals surface area contributed by atoms with Gasteiger partial charge in [0.05, 0.1) is 11.7 Å². The first kappa shape index (κ1) is 22.3. The zero-order valence-corrected chi connectivity index (χ0v) is 21.6. The average molecular weight is 421 g/mol. The van der Waals surface area contributed by atoms with Gasteiger partial charge in [-0.15, -0.1) is 0 Å². The Hall–Kier alpha value is 0.137. The van der Waals surface area contributed by atoms with Crippen molar-refractivity contribution in [3.63, 3.8) is 0 Å². The Kier molecular flexibility index (Phi) is 5.45. The van der Waals surface area contributed by atoms with Crippen LogP contribution in [0.2, 0.25) is 18.1 Å². The molecule has 168 valence electrons. The first-order valence-electron chi connectivity index (χ1n) is 12.7. The van der Waals surface area contributed by atoms with Crippen LogP contribution in [0.3, 0.4) is 0 Å². The number of aliphatic hydroxyl groups is 1. The van der Waals surface area contributed by atoms with E-state index < -0.39 is 13.9 Å². The molecule has 4 aliphatic carbocycles. The molecular weight excluding hydrogens is 372 g/mol. The largest absolute Gasteiger partial charge is 0.413 e. The van der Waals surface area contributed by atoms with Crippen molar-refractivity contribution in [3.05, 3.63) is 0 Å². The molecule has 0 saturated heterocycles. The fourth-order valence-corrected chi connectivity index (χ4v) is 9.38. The van der Waals surface area contributed by atoms with E-state index in [9.17, 15) is 5.11 Å². The molecule has 0 aromatic heterocycles. The second kappa shape index (κ2) is 7.07. The van der Waals surface area contributed by atoms with E-state index in [0.717, 1.165) is 36.0 Å². The summed E-state index contributed by atoms with van der Waals surface area (Å²) in [4.78, 5) is 0. The molecule has 2 nitrogen and oxygen atoms in total. The molecule has 0 spiro atoms. The monoisotopic (exact) mass is 420 g/mol. The highest BCUT2D eigenvalue weighted by Crippen LogP contribution is 2.64. The molecule has 4 rings (SSSR count). The summed E-state index contributed by atoms with van der Waals surface area (Å²) in [5.74, 6) is 4.79. The Labute approximate surface area is 181 Å². The van der Waals surface area contributed by atoms with E-state index in [1.54, 1.807) is 0 Å². The summed E-state index contributed by atoms with van der Waals surface area (Å²) in [7, 11) is -1.72. The normalized spacial score (nSPS) is 50.6. The summed E-state index contributed by atoms with van der Waals surface area (Å²) in [6, 6.07) is 0. The number of fused-ring (bicyclic) bond motifs is 5. The van der Waals surface area contributed by atoms with E-state index in [0.29, 0.717) is 22.5 Å². The summed E-state index contributed by atoms with van der Waals surface area (Å²) >= 11 is 0. The van der Waals surface area contributed by atoms with Gasteiger partial charge in [0, 0.05) is 0 Å². The lowest BCUT2D eigenvalue weighted by Gasteiger charge is -2.58. The predicted molar refractivity (Wildman–Crippen MR) is 124 cm³/mol. The maximum atomic E-state index is 10.9. The van der Waals surface area contributed by atoms with E-state index in [-0.39, 0.29) is 0 Å². The highest BCUT2D eigenvalue weighted by atomic mass is 28.4. The van der Waals surface area contributed by atoms with Gasteiger partial charge < -0.3 is 9.53 Å². The van der Waals surface area contributed by atoms with Gasteiger partial charge in [0.1, 0.15) is 0 Å². The van der Waals surface area contributed by atoms with Crippen molar-refractivity contribution in [1.82, 2.24) is 0 Å². The van der Waals surface area contributed by atoms with Gasteiger partial charge in [-0.2, -0.15) is 0 Å². The van der Waals surface area contributed by atoms with E-state index in [4.69, 9.17) is 4.43 Å². The summed E-state index contributed by atoms with van der Waals surface area (Å²) in [6.45, 7) is 19.0. The first-order chi connectivity index (χ1) is 13.3. The predicted octanol–water partition coefficient (Wildman–Crippen LogP) is 7.03. The quantitative estimate of drug-likeness (QED) is 0.486. The lowest BCUT2D eigenvalue weighted by molar-refractivity contribution is -0.126. The SMILES string of the molecule is CC1C[C@H]2C(CC[C@@H]3[C@@H]2CC[C@]2(C)[C@@H](O[Si](C)(C)C(C)(C)C)CC[C@@H]32)C[C@]1(C)O. The van der Waals surface area contributed by atoms with Crippen molar-refractivity contribution in [2.45, 2.75) is 123 Å². The molecule has 4 saturated carbocycles. The smallest absolute Gasteiger partial charge is 0.192 e. The van der Waals surface area contributed by atoms with Crippen LogP contribution in [0.25, 0.3) is 0 Å². The van der Waals surface area contributed by atoms with Crippen LogP contribution in [0.15, 0.2) is 0 Å². The molecule has 0 aliphatic heterocycles. The number of rotatable bonds is 2. The zero-order valence-electron chi connectivity index (χ0n) is 20.6. The van der Waals surface area contributed by atoms with Crippen molar-refractivity contribution in [2.24, 2.45) is 40.9 Å². The van der Waals surface area contributed by atoms with Gasteiger partial charge in [0.15, 0.2) is 8.32 Å².